The van der Waals surface area contributed by atoms with Crippen LogP contribution in [0.1, 0.15) is 66.2 Å². The molecule has 0 amide bonds. The van der Waals surface area contributed by atoms with Crippen LogP contribution in [0.4, 0.5) is 0 Å². The molecule has 30 heavy (non-hydrogen) atoms. The number of carbonyl (C=O) groups is 3. The first-order valence-electron chi connectivity index (χ1n) is 11.4. The number of fused-ring (bicyclic) bond motifs is 5. The molecule has 0 saturated heterocycles. The summed E-state index contributed by atoms with van der Waals surface area (Å²) in [5, 5.41) is 10.8. The number of hydrogen-bond donors (Lipinski definition) is 1. The normalized spacial score (nSPS) is 40.1. The summed E-state index contributed by atoms with van der Waals surface area (Å²) in [7, 11) is 0. The second-order valence-corrected chi connectivity index (χ2v) is 10.6. The van der Waals surface area contributed by atoms with Gasteiger partial charge < -0.3 is 9.84 Å². The van der Waals surface area contributed by atoms with Gasteiger partial charge in [0.1, 0.15) is 12.4 Å². The lowest BCUT2D eigenvalue weighted by molar-refractivity contribution is -0.153. The van der Waals surface area contributed by atoms with Crippen molar-refractivity contribution in [3.8, 4) is 0 Å². The maximum Gasteiger partial charge on any atom is 0.308 e. The highest BCUT2D eigenvalue weighted by molar-refractivity contribution is 6.01. The Bertz CT molecular complexity index is 836. The van der Waals surface area contributed by atoms with E-state index in [1.807, 2.05) is 0 Å². The highest BCUT2D eigenvalue weighted by atomic mass is 16.5. The van der Waals surface area contributed by atoms with Crippen molar-refractivity contribution >= 4 is 17.5 Å². The Morgan fingerprint density at radius 3 is 2.57 bits per heavy atom. The van der Waals surface area contributed by atoms with E-state index in [-0.39, 0.29) is 47.2 Å². The lowest BCUT2D eigenvalue weighted by Crippen LogP contribution is -2.51. The van der Waals surface area contributed by atoms with E-state index in [9.17, 15) is 19.5 Å². The Morgan fingerprint density at radius 2 is 1.87 bits per heavy atom. The van der Waals surface area contributed by atoms with E-state index in [1.54, 1.807) is 19.9 Å². The molecule has 0 heterocycles. The molecule has 0 bridgehead atoms. The number of esters is 1. The molecule has 0 aliphatic heterocycles. The van der Waals surface area contributed by atoms with Crippen LogP contribution >= 0.6 is 0 Å². The number of Topliss-reactive ketones (excluding diaryl/α,β-unsaturated/α-hetero) is 1. The fourth-order valence-corrected chi connectivity index (χ4v) is 7.24. The number of aliphatic hydroxyl groups is 1. The minimum Gasteiger partial charge on any atom is -0.511 e. The summed E-state index contributed by atoms with van der Waals surface area (Å²) in [4.78, 5) is 36.7. The molecule has 5 heteroatoms. The Morgan fingerprint density at radius 1 is 1.13 bits per heavy atom. The lowest BCUT2D eigenvalue weighted by Gasteiger charge is -2.57. The summed E-state index contributed by atoms with van der Waals surface area (Å²) < 4.78 is 5.25. The van der Waals surface area contributed by atoms with Crippen LogP contribution in [0.5, 0.6) is 0 Å². The molecule has 0 aromatic carbocycles. The topological polar surface area (TPSA) is 80.7 Å². The van der Waals surface area contributed by atoms with E-state index in [1.165, 1.54) is 6.08 Å². The summed E-state index contributed by atoms with van der Waals surface area (Å²) in [5.41, 5.74) is 0.542. The van der Waals surface area contributed by atoms with Gasteiger partial charge in [0.25, 0.3) is 0 Å². The number of carbonyl (C=O) groups excluding carboxylic acids is 3. The molecule has 3 fully saturated rings. The van der Waals surface area contributed by atoms with Gasteiger partial charge in [-0.15, -0.1) is 0 Å². The molecular formula is C25H34O5. The van der Waals surface area contributed by atoms with Gasteiger partial charge in [0.05, 0.1) is 5.92 Å². The molecule has 5 nitrogen and oxygen atoms in total. The predicted molar refractivity (Wildman–Crippen MR) is 112 cm³/mol. The van der Waals surface area contributed by atoms with E-state index in [0.29, 0.717) is 17.8 Å². The van der Waals surface area contributed by atoms with Crippen LogP contribution in [-0.2, 0) is 19.1 Å². The smallest absolute Gasteiger partial charge is 0.308 e. The maximum absolute atomic E-state index is 13.0. The maximum atomic E-state index is 13.0. The zero-order chi connectivity index (χ0) is 21.8. The Hall–Kier alpha value is -1.91. The van der Waals surface area contributed by atoms with Crippen LogP contribution in [0.3, 0.4) is 0 Å². The van der Waals surface area contributed by atoms with Crippen molar-refractivity contribution in [2.75, 3.05) is 6.61 Å². The van der Waals surface area contributed by atoms with Gasteiger partial charge in [0.2, 0.25) is 0 Å². The van der Waals surface area contributed by atoms with Gasteiger partial charge in [-0.2, -0.15) is 0 Å². The molecule has 4 aliphatic rings. The second kappa shape index (κ2) is 7.35. The number of aliphatic hydroxyl groups excluding tert-OH is 1. The van der Waals surface area contributed by atoms with Gasteiger partial charge in [-0.05, 0) is 74.7 Å². The van der Waals surface area contributed by atoms with Crippen LogP contribution in [0.25, 0.3) is 0 Å². The monoisotopic (exact) mass is 414 g/mol. The van der Waals surface area contributed by atoms with Gasteiger partial charge in [-0.1, -0.05) is 26.3 Å². The standard InChI is InChI=1S/C25H34O5/c1-14(2)23(29)30-13-21(27)20-8-7-18-17-6-5-15-11-16(26)12-22(28)25(15,4)19(17)9-10-24(18,20)3/h11-12,14,17-20,28H,5-10,13H2,1-4H3/t17-,18-,19-,20+,24-,25-/m0/s1. The van der Waals surface area contributed by atoms with Crippen LogP contribution in [0.2, 0.25) is 0 Å². The molecule has 3 saturated carbocycles. The first-order chi connectivity index (χ1) is 14.1. The highest BCUT2D eigenvalue weighted by Gasteiger charge is 2.61. The number of hydrogen-bond acceptors (Lipinski definition) is 5. The SMILES string of the molecule is CC(C)C(=O)OCC(=O)[C@H]1CC[C@H]2[C@@H]3CCC4=CC(=O)C=C(O)[C@]4(C)[C@H]3CC[C@]12C. The molecule has 4 rings (SSSR count). The van der Waals surface area contributed by atoms with E-state index in [0.717, 1.165) is 44.1 Å². The van der Waals surface area contributed by atoms with Crippen LogP contribution < -0.4 is 0 Å². The molecule has 0 aromatic rings. The number of ketones is 2. The van der Waals surface area contributed by atoms with Gasteiger partial charge in [-0.3, -0.25) is 14.4 Å². The first kappa shape index (κ1) is 21.3. The number of allylic oxidation sites excluding steroid dienone is 3. The molecule has 0 radical (unpaired) electrons. The molecule has 0 aromatic heterocycles. The largest absolute Gasteiger partial charge is 0.511 e. The summed E-state index contributed by atoms with van der Waals surface area (Å²) in [6.45, 7) is 7.78. The summed E-state index contributed by atoms with van der Waals surface area (Å²) in [6.07, 6.45) is 8.68. The average molecular weight is 415 g/mol. The summed E-state index contributed by atoms with van der Waals surface area (Å²) in [5.74, 6) is 0.712. The van der Waals surface area contributed by atoms with Crippen LogP contribution in [0, 0.1) is 40.4 Å². The van der Waals surface area contributed by atoms with Crippen molar-refractivity contribution in [3.63, 3.8) is 0 Å². The Kier molecular flexibility index (Phi) is 5.22. The molecule has 4 aliphatic carbocycles. The molecular weight excluding hydrogens is 380 g/mol. The molecule has 0 spiro atoms. The third kappa shape index (κ3) is 3.07. The van der Waals surface area contributed by atoms with Crippen LogP contribution in [-0.4, -0.2) is 29.2 Å². The van der Waals surface area contributed by atoms with Crippen molar-refractivity contribution < 1.29 is 24.2 Å². The van der Waals surface area contributed by atoms with E-state index >= 15 is 0 Å². The summed E-state index contributed by atoms with van der Waals surface area (Å²) in [6, 6.07) is 0. The zero-order valence-corrected chi connectivity index (χ0v) is 18.6. The third-order valence-corrected chi connectivity index (χ3v) is 8.94. The number of rotatable bonds is 4. The van der Waals surface area contributed by atoms with Gasteiger partial charge >= 0.3 is 5.97 Å². The van der Waals surface area contributed by atoms with E-state index < -0.39 is 5.41 Å². The quantitative estimate of drug-likeness (QED) is 0.682. The molecule has 164 valence electrons. The predicted octanol–water partition coefficient (Wildman–Crippen LogP) is 4.56. The highest BCUT2D eigenvalue weighted by Crippen LogP contribution is 2.66. The van der Waals surface area contributed by atoms with Gasteiger partial charge in [0, 0.05) is 17.4 Å². The van der Waals surface area contributed by atoms with E-state index in [4.69, 9.17) is 4.74 Å². The Balaban J connectivity index is 1.54. The van der Waals surface area contributed by atoms with Gasteiger partial charge in [0.15, 0.2) is 11.6 Å². The molecule has 0 unspecified atom stereocenters. The summed E-state index contributed by atoms with van der Waals surface area (Å²) >= 11 is 0. The second-order valence-electron chi connectivity index (χ2n) is 10.6. The Labute approximate surface area is 178 Å². The zero-order valence-electron chi connectivity index (χ0n) is 18.6. The average Bonchev–Trinajstić information content (AvgIpc) is 3.04. The lowest BCUT2D eigenvalue weighted by atomic mass is 9.47. The fraction of sp³-hybridized carbons (Fsp3) is 0.720. The molecule has 1 N–H and O–H groups in total. The van der Waals surface area contributed by atoms with Crippen molar-refractivity contribution in [1.82, 2.24) is 0 Å². The van der Waals surface area contributed by atoms with Crippen molar-refractivity contribution in [3.05, 3.63) is 23.5 Å². The van der Waals surface area contributed by atoms with Crippen molar-refractivity contribution in [1.29, 1.82) is 0 Å². The molecule has 6 atom stereocenters. The third-order valence-electron chi connectivity index (χ3n) is 8.94. The van der Waals surface area contributed by atoms with Crippen molar-refractivity contribution in [2.24, 2.45) is 40.4 Å². The van der Waals surface area contributed by atoms with Crippen LogP contribution in [0.15, 0.2) is 23.5 Å². The minimum absolute atomic E-state index is 0.0565. The number of ether oxygens (including phenoxy) is 1. The fourth-order valence-electron chi connectivity index (χ4n) is 7.24. The first-order valence-corrected chi connectivity index (χ1v) is 11.4. The van der Waals surface area contributed by atoms with Crippen molar-refractivity contribution in [2.45, 2.75) is 66.2 Å². The van der Waals surface area contributed by atoms with E-state index in [2.05, 4.69) is 13.8 Å². The minimum atomic E-state index is -0.451. The van der Waals surface area contributed by atoms with Gasteiger partial charge in [-0.25, -0.2) is 0 Å².